The minimum atomic E-state index is -3.54. The lowest BCUT2D eigenvalue weighted by Crippen LogP contribution is -2.40. The topological polar surface area (TPSA) is 98.8 Å². The van der Waals surface area contributed by atoms with Gasteiger partial charge in [-0.1, -0.05) is 0 Å². The molecular formula is C22H22FN5O3S2. The van der Waals surface area contributed by atoms with E-state index in [9.17, 15) is 12.8 Å². The first kappa shape index (κ1) is 23.1. The minimum absolute atomic E-state index is 0.218. The Labute approximate surface area is 196 Å². The third kappa shape index (κ3) is 5.82. The lowest BCUT2D eigenvalue weighted by molar-refractivity contribution is 0.0730. The normalized spacial score (nSPS) is 14.9. The fraction of sp³-hybridized carbons (Fsp3) is 0.182. The van der Waals surface area contributed by atoms with Crippen molar-refractivity contribution < 1.29 is 17.5 Å². The molecule has 0 saturated carbocycles. The van der Waals surface area contributed by atoms with Crippen molar-refractivity contribution in [3.63, 3.8) is 0 Å². The lowest BCUT2D eigenvalue weighted by atomic mass is 10.1. The smallest absolute Gasteiger partial charge is 0.243 e. The Bertz CT molecular complexity index is 1240. The molecule has 0 atom stereocenters. The van der Waals surface area contributed by atoms with Crippen LogP contribution in [-0.2, 0) is 14.8 Å². The molecular weight excluding hydrogens is 465 g/mol. The van der Waals surface area contributed by atoms with Crippen LogP contribution in [0.15, 0.2) is 70.7 Å². The lowest BCUT2D eigenvalue weighted by Gasteiger charge is -2.26. The maximum atomic E-state index is 13.1. The number of nitrogens with one attached hydrogen (secondary N) is 3. The summed E-state index contributed by atoms with van der Waals surface area (Å²) < 4.78 is 45.1. The molecule has 0 unspecified atom stereocenters. The van der Waals surface area contributed by atoms with Gasteiger partial charge in [-0.15, -0.1) is 0 Å². The van der Waals surface area contributed by atoms with Gasteiger partial charge in [0.15, 0.2) is 5.11 Å². The molecule has 1 fully saturated rings. The van der Waals surface area contributed by atoms with Gasteiger partial charge >= 0.3 is 0 Å². The maximum Gasteiger partial charge on any atom is 0.243 e. The Hall–Kier alpha value is -3.12. The fourth-order valence-electron chi connectivity index (χ4n) is 3.25. The van der Waals surface area contributed by atoms with Gasteiger partial charge in [0.25, 0.3) is 0 Å². The molecule has 8 nitrogen and oxygen atoms in total. The Balaban J connectivity index is 1.31. The van der Waals surface area contributed by atoms with Crippen molar-refractivity contribution in [1.82, 2.24) is 14.7 Å². The molecule has 3 N–H and O–H groups in total. The largest absolute Gasteiger partial charge is 0.379 e. The number of morpholine rings is 1. The monoisotopic (exact) mass is 487 g/mol. The van der Waals surface area contributed by atoms with E-state index in [0.29, 0.717) is 32.0 Å². The average Bonchev–Trinajstić information content (AvgIpc) is 3.29. The Morgan fingerprint density at radius 3 is 2.45 bits per heavy atom. The average molecular weight is 488 g/mol. The van der Waals surface area contributed by atoms with Crippen LogP contribution in [0.2, 0.25) is 0 Å². The van der Waals surface area contributed by atoms with Crippen LogP contribution in [0, 0.1) is 5.82 Å². The van der Waals surface area contributed by atoms with Gasteiger partial charge in [0.2, 0.25) is 10.0 Å². The highest BCUT2D eigenvalue weighted by atomic mass is 32.2. The number of hydrogen-bond acceptors (Lipinski definition) is 5. The van der Waals surface area contributed by atoms with E-state index in [1.54, 1.807) is 30.5 Å². The molecule has 2 aromatic carbocycles. The predicted octanol–water partition coefficient (Wildman–Crippen LogP) is 3.16. The number of hydrogen-bond donors (Lipinski definition) is 3. The third-order valence-corrected chi connectivity index (χ3v) is 7.06. The first-order valence-electron chi connectivity index (χ1n) is 10.1. The number of benzene rings is 2. The highest BCUT2D eigenvalue weighted by Crippen LogP contribution is 2.20. The van der Waals surface area contributed by atoms with Gasteiger partial charge in [-0.05, 0) is 78.4 Å². The van der Waals surface area contributed by atoms with E-state index in [1.807, 2.05) is 12.1 Å². The summed E-state index contributed by atoms with van der Waals surface area (Å²) in [5.41, 5.74) is 5.78. The first-order chi connectivity index (χ1) is 15.9. The van der Waals surface area contributed by atoms with Crippen LogP contribution in [0.4, 0.5) is 10.1 Å². The summed E-state index contributed by atoms with van der Waals surface area (Å²) in [5.74, 6) is -0.286. The molecule has 0 aliphatic carbocycles. The van der Waals surface area contributed by atoms with Gasteiger partial charge in [-0.25, -0.2) is 12.8 Å². The third-order valence-electron chi connectivity index (χ3n) is 4.95. The molecule has 0 amide bonds. The van der Waals surface area contributed by atoms with Gasteiger partial charge in [-0.3, -0.25) is 5.43 Å². The van der Waals surface area contributed by atoms with E-state index in [0.717, 1.165) is 17.0 Å². The van der Waals surface area contributed by atoms with Crippen LogP contribution in [-0.4, -0.2) is 55.3 Å². The summed E-state index contributed by atoms with van der Waals surface area (Å²) in [4.78, 5) is 3.39. The second-order valence-electron chi connectivity index (χ2n) is 7.20. The summed E-state index contributed by atoms with van der Waals surface area (Å²) in [5, 5.41) is 7.30. The zero-order chi connectivity index (χ0) is 23.3. The molecule has 1 aliphatic heterocycles. The Kier molecular flexibility index (Phi) is 7.14. The van der Waals surface area contributed by atoms with Crippen molar-refractivity contribution in [3.05, 3.63) is 72.2 Å². The van der Waals surface area contributed by atoms with E-state index in [1.165, 1.54) is 28.6 Å². The number of ether oxygens (including phenoxy) is 1. The van der Waals surface area contributed by atoms with E-state index >= 15 is 0 Å². The molecule has 4 rings (SSSR count). The van der Waals surface area contributed by atoms with E-state index in [4.69, 9.17) is 17.0 Å². The van der Waals surface area contributed by atoms with Gasteiger partial charge in [0.05, 0.1) is 30.0 Å². The van der Waals surface area contributed by atoms with Crippen LogP contribution >= 0.6 is 12.2 Å². The van der Waals surface area contributed by atoms with Crippen LogP contribution in [0.25, 0.3) is 11.3 Å². The minimum Gasteiger partial charge on any atom is -0.379 e. The number of halogens is 1. The number of anilines is 1. The molecule has 0 spiro atoms. The van der Waals surface area contributed by atoms with Crippen molar-refractivity contribution in [1.29, 1.82) is 0 Å². The molecule has 2 heterocycles. The maximum absolute atomic E-state index is 13.1. The van der Waals surface area contributed by atoms with Crippen molar-refractivity contribution >= 4 is 39.3 Å². The zero-order valence-electron chi connectivity index (χ0n) is 17.5. The number of rotatable bonds is 6. The summed E-state index contributed by atoms with van der Waals surface area (Å²) >= 11 is 5.23. The molecule has 1 aromatic heterocycles. The Morgan fingerprint density at radius 2 is 1.76 bits per heavy atom. The quantitative estimate of drug-likeness (QED) is 0.281. The van der Waals surface area contributed by atoms with Crippen molar-refractivity contribution in [2.24, 2.45) is 5.10 Å². The van der Waals surface area contributed by atoms with Crippen molar-refractivity contribution in [3.8, 4) is 11.3 Å². The van der Waals surface area contributed by atoms with E-state index < -0.39 is 10.0 Å². The number of sulfonamides is 1. The SMILES string of the molecule is O=S(=O)(c1ccc(NC(=S)N/N=C/c2ccc(-c3ccc(F)cc3)[nH]2)cc1)N1CCOCC1. The fourth-order valence-corrected chi connectivity index (χ4v) is 4.83. The van der Waals surface area contributed by atoms with Crippen molar-refractivity contribution in [2.45, 2.75) is 4.90 Å². The van der Waals surface area contributed by atoms with Gasteiger partial charge in [0, 0.05) is 24.5 Å². The number of hydrazone groups is 1. The number of nitrogens with zero attached hydrogens (tertiary/aromatic N) is 2. The Morgan fingerprint density at radius 1 is 1.06 bits per heavy atom. The molecule has 1 saturated heterocycles. The summed E-state index contributed by atoms with van der Waals surface area (Å²) in [7, 11) is -3.54. The highest BCUT2D eigenvalue weighted by Gasteiger charge is 2.26. The van der Waals surface area contributed by atoms with Gasteiger partial charge in [0.1, 0.15) is 5.82 Å². The molecule has 1 aliphatic rings. The van der Waals surface area contributed by atoms with Crippen LogP contribution in [0.3, 0.4) is 0 Å². The zero-order valence-corrected chi connectivity index (χ0v) is 19.1. The standard InChI is InChI=1S/C22H22FN5O3S2/c23-17-3-1-16(2-4-17)21-10-7-19(25-21)15-24-27-22(32)26-18-5-8-20(9-6-18)33(29,30)28-11-13-31-14-12-28/h1-10,15,25H,11-14H2,(H2,26,27,32)/b24-15+. The van der Waals surface area contributed by atoms with Crippen LogP contribution in [0.5, 0.6) is 0 Å². The van der Waals surface area contributed by atoms with Crippen LogP contribution in [0.1, 0.15) is 5.69 Å². The van der Waals surface area contributed by atoms with Crippen molar-refractivity contribution in [2.75, 3.05) is 31.6 Å². The van der Waals surface area contributed by atoms with Gasteiger partial charge in [-0.2, -0.15) is 9.41 Å². The molecule has 0 radical (unpaired) electrons. The predicted molar refractivity (Wildman–Crippen MR) is 129 cm³/mol. The number of aromatic nitrogens is 1. The second kappa shape index (κ2) is 10.2. The van der Waals surface area contributed by atoms with Gasteiger partial charge < -0.3 is 15.0 Å². The molecule has 0 bridgehead atoms. The van der Waals surface area contributed by atoms with Crippen LogP contribution < -0.4 is 10.7 Å². The summed E-state index contributed by atoms with van der Waals surface area (Å²) in [6.07, 6.45) is 1.57. The molecule has 33 heavy (non-hydrogen) atoms. The second-order valence-corrected chi connectivity index (χ2v) is 9.55. The molecule has 3 aromatic rings. The highest BCUT2D eigenvalue weighted by molar-refractivity contribution is 7.89. The summed E-state index contributed by atoms with van der Waals surface area (Å²) in [6, 6.07) is 16.3. The number of thiocarbonyl (C=S) groups is 1. The molecule has 172 valence electrons. The number of H-pyrrole nitrogens is 1. The number of aromatic amines is 1. The summed E-state index contributed by atoms with van der Waals surface area (Å²) in [6.45, 7) is 1.49. The molecule has 11 heteroatoms. The first-order valence-corrected chi connectivity index (χ1v) is 12.0. The van der Waals surface area contributed by atoms with E-state index in [-0.39, 0.29) is 15.8 Å². The van der Waals surface area contributed by atoms with E-state index in [2.05, 4.69) is 20.8 Å².